The van der Waals surface area contributed by atoms with E-state index in [2.05, 4.69) is 10.1 Å². The predicted molar refractivity (Wildman–Crippen MR) is 61.2 cm³/mol. The number of benzene rings is 1. The molecule has 1 aromatic heterocycles. The Hall–Kier alpha value is -2.08. The summed E-state index contributed by atoms with van der Waals surface area (Å²) in [6.45, 7) is 1.33. The van der Waals surface area contributed by atoms with Crippen LogP contribution in [-0.2, 0) is 4.74 Å². The SMILES string of the molecule is Oc1ccc(-c2nc(C3CCOC3)no2)cc1O. The van der Waals surface area contributed by atoms with Gasteiger partial charge in [0.2, 0.25) is 0 Å². The van der Waals surface area contributed by atoms with Gasteiger partial charge in [-0.25, -0.2) is 0 Å². The Morgan fingerprint density at radius 2 is 2.11 bits per heavy atom. The van der Waals surface area contributed by atoms with Gasteiger partial charge >= 0.3 is 0 Å². The van der Waals surface area contributed by atoms with Crippen LogP contribution in [0.2, 0.25) is 0 Å². The first-order valence-corrected chi connectivity index (χ1v) is 5.68. The topological polar surface area (TPSA) is 88.6 Å². The third-order valence-corrected chi connectivity index (χ3v) is 2.96. The summed E-state index contributed by atoms with van der Waals surface area (Å²) in [7, 11) is 0. The molecule has 3 rings (SSSR count). The zero-order chi connectivity index (χ0) is 12.5. The average Bonchev–Trinajstić information content (AvgIpc) is 3.01. The van der Waals surface area contributed by atoms with E-state index in [1.54, 1.807) is 6.07 Å². The van der Waals surface area contributed by atoms with Crippen molar-refractivity contribution in [3.05, 3.63) is 24.0 Å². The molecule has 2 N–H and O–H groups in total. The Balaban J connectivity index is 1.89. The fourth-order valence-electron chi connectivity index (χ4n) is 1.91. The van der Waals surface area contributed by atoms with Gasteiger partial charge in [0, 0.05) is 18.1 Å². The summed E-state index contributed by atoms with van der Waals surface area (Å²) in [5.74, 6) is 0.731. The minimum atomic E-state index is -0.212. The van der Waals surface area contributed by atoms with Crippen LogP contribution in [-0.4, -0.2) is 33.6 Å². The molecule has 6 heteroatoms. The van der Waals surface area contributed by atoms with Crippen LogP contribution in [0.15, 0.2) is 22.7 Å². The highest BCUT2D eigenvalue weighted by Crippen LogP contribution is 2.31. The van der Waals surface area contributed by atoms with Crippen molar-refractivity contribution in [1.82, 2.24) is 10.1 Å². The van der Waals surface area contributed by atoms with Crippen LogP contribution in [0.25, 0.3) is 11.5 Å². The Kier molecular flexibility index (Phi) is 2.64. The zero-order valence-electron chi connectivity index (χ0n) is 9.54. The van der Waals surface area contributed by atoms with Gasteiger partial charge < -0.3 is 19.5 Å². The van der Waals surface area contributed by atoms with Crippen molar-refractivity contribution in [3.63, 3.8) is 0 Å². The van der Waals surface area contributed by atoms with Gasteiger partial charge in [-0.1, -0.05) is 5.16 Å². The summed E-state index contributed by atoms with van der Waals surface area (Å²) in [6, 6.07) is 4.38. The van der Waals surface area contributed by atoms with Crippen LogP contribution in [0.1, 0.15) is 18.2 Å². The Morgan fingerprint density at radius 1 is 1.22 bits per heavy atom. The summed E-state index contributed by atoms with van der Waals surface area (Å²) in [5, 5.41) is 22.6. The molecule has 1 aliphatic heterocycles. The number of aromatic nitrogens is 2. The largest absolute Gasteiger partial charge is 0.504 e. The molecule has 1 saturated heterocycles. The van der Waals surface area contributed by atoms with Crippen molar-refractivity contribution in [3.8, 4) is 23.0 Å². The van der Waals surface area contributed by atoms with Crippen LogP contribution in [0.4, 0.5) is 0 Å². The maximum Gasteiger partial charge on any atom is 0.258 e. The lowest BCUT2D eigenvalue weighted by Gasteiger charge is -1.99. The molecule has 0 amide bonds. The van der Waals surface area contributed by atoms with Gasteiger partial charge in [-0.05, 0) is 24.6 Å². The molecule has 0 saturated carbocycles. The molecular weight excluding hydrogens is 236 g/mol. The molecule has 1 fully saturated rings. The predicted octanol–water partition coefficient (Wildman–Crippen LogP) is 1.65. The highest BCUT2D eigenvalue weighted by molar-refractivity contribution is 5.58. The molecule has 0 aliphatic carbocycles. The maximum atomic E-state index is 9.42. The van der Waals surface area contributed by atoms with Crippen LogP contribution >= 0.6 is 0 Å². The average molecular weight is 248 g/mol. The molecule has 94 valence electrons. The van der Waals surface area contributed by atoms with E-state index in [0.29, 0.717) is 30.5 Å². The van der Waals surface area contributed by atoms with Crippen molar-refractivity contribution >= 4 is 0 Å². The van der Waals surface area contributed by atoms with E-state index in [1.165, 1.54) is 12.1 Å². The third-order valence-electron chi connectivity index (χ3n) is 2.96. The van der Waals surface area contributed by atoms with E-state index in [1.807, 2.05) is 0 Å². The van der Waals surface area contributed by atoms with Crippen molar-refractivity contribution < 1.29 is 19.5 Å². The van der Waals surface area contributed by atoms with Crippen molar-refractivity contribution in [2.24, 2.45) is 0 Å². The molecule has 1 aliphatic rings. The molecule has 0 radical (unpaired) electrons. The standard InChI is InChI=1S/C12H12N2O4/c15-9-2-1-7(5-10(9)16)12-13-11(14-18-12)8-3-4-17-6-8/h1-2,5,8,15-16H,3-4,6H2. The lowest BCUT2D eigenvalue weighted by Crippen LogP contribution is -1.99. The van der Waals surface area contributed by atoms with Crippen molar-refractivity contribution in [2.75, 3.05) is 13.2 Å². The summed E-state index contributed by atoms with van der Waals surface area (Å²) < 4.78 is 10.4. The lowest BCUT2D eigenvalue weighted by atomic mass is 10.1. The summed E-state index contributed by atoms with van der Waals surface area (Å²) in [6.07, 6.45) is 0.889. The minimum Gasteiger partial charge on any atom is -0.504 e. The normalized spacial score (nSPS) is 19.2. The molecule has 0 bridgehead atoms. The number of phenols is 2. The maximum absolute atomic E-state index is 9.42. The van der Waals surface area contributed by atoms with Crippen LogP contribution < -0.4 is 0 Å². The van der Waals surface area contributed by atoms with Crippen molar-refractivity contribution in [1.29, 1.82) is 0 Å². The molecule has 1 unspecified atom stereocenters. The minimum absolute atomic E-state index is 0.174. The van der Waals surface area contributed by atoms with E-state index < -0.39 is 0 Å². The van der Waals surface area contributed by atoms with E-state index in [0.717, 1.165) is 6.42 Å². The fourth-order valence-corrected chi connectivity index (χ4v) is 1.91. The smallest absolute Gasteiger partial charge is 0.258 e. The number of nitrogens with zero attached hydrogens (tertiary/aromatic N) is 2. The first-order chi connectivity index (χ1) is 8.74. The van der Waals surface area contributed by atoms with Gasteiger partial charge in [0.25, 0.3) is 5.89 Å². The third kappa shape index (κ3) is 1.91. The number of ether oxygens (including phenoxy) is 1. The van der Waals surface area contributed by atoms with E-state index >= 15 is 0 Å². The summed E-state index contributed by atoms with van der Waals surface area (Å²) >= 11 is 0. The van der Waals surface area contributed by atoms with Crippen molar-refractivity contribution in [2.45, 2.75) is 12.3 Å². The van der Waals surface area contributed by atoms with Crippen LogP contribution in [0, 0.1) is 0 Å². The van der Waals surface area contributed by atoms with Gasteiger partial charge in [-0.15, -0.1) is 0 Å². The molecule has 18 heavy (non-hydrogen) atoms. The second kappa shape index (κ2) is 4.30. The molecule has 2 aromatic rings. The molecule has 1 atom stereocenters. The van der Waals surface area contributed by atoms with Gasteiger partial charge in [0.05, 0.1) is 6.61 Å². The monoisotopic (exact) mass is 248 g/mol. The number of aromatic hydroxyl groups is 2. The first kappa shape index (κ1) is 11.0. The van der Waals surface area contributed by atoms with Gasteiger partial charge in [0.1, 0.15) is 0 Å². The molecule has 1 aromatic carbocycles. The molecule has 6 nitrogen and oxygen atoms in total. The summed E-state index contributed by atoms with van der Waals surface area (Å²) in [4.78, 5) is 4.28. The highest BCUT2D eigenvalue weighted by Gasteiger charge is 2.23. The lowest BCUT2D eigenvalue weighted by molar-refractivity contribution is 0.192. The van der Waals surface area contributed by atoms with Crippen LogP contribution in [0.3, 0.4) is 0 Å². The summed E-state index contributed by atoms with van der Waals surface area (Å²) in [5.41, 5.74) is 0.572. The molecule has 2 heterocycles. The molecule has 0 spiro atoms. The number of hydrogen-bond acceptors (Lipinski definition) is 6. The molecular formula is C12H12N2O4. The van der Waals surface area contributed by atoms with Gasteiger partial charge in [-0.2, -0.15) is 4.98 Å². The second-order valence-electron chi connectivity index (χ2n) is 4.22. The van der Waals surface area contributed by atoms with Gasteiger partial charge in [0.15, 0.2) is 17.3 Å². The Bertz CT molecular complexity index is 561. The Labute approximate surface area is 103 Å². The number of rotatable bonds is 2. The Morgan fingerprint density at radius 3 is 2.83 bits per heavy atom. The van der Waals surface area contributed by atoms with Gasteiger partial charge in [-0.3, -0.25) is 0 Å². The highest BCUT2D eigenvalue weighted by atomic mass is 16.5. The quantitative estimate of drug-likeness (QED) is 0.785. The van der Waals surface area contributed by atoms with E-state index in [9.17, 15) is 10.2 Å². The van der Waals surface area contributed by atoms with E-state index in [4.69, 9.17) is 9.26 Å². The first-order valence-electron chi connectivity index (χ1n) is 5.68. The van der Waals surface area contributed by atoms with E-state index in [-0.39, 0.29) is 17.4 Å². The second-order valence-corrected chi connectivity index (χ2v) is 4.22. The number of phenolic OH excluding ortho intramolecular Hbond substituents is 2. The fraction of sp³-hybridized carbons (Fsp3) is 0.333. The van der Waals surface area contributed by atoms with Crippen LogP contribution in [0.5, 0.6) is 11.5 Å². The zero-order valence-corrected chi connectivity index (χ0v) is 9.54. The number of hydrogen-bond donors (Lipinski definition) is 2.